The Morgan fingerprint density at radius 1 is 1.26 bits per heavy atom. The average molecular weight is 259 g/mol. The van der Waals surface area contributed by atoms with Crippen LogP contribution in [0, 0.1) is 19.8 Å². The zero-order valence-electron chi connectivity index (χ0n) is 11.6. The van der Waals surface area contributed by atoms with Crippen LogP contribution < -0.4 is 5.32 Å². The molecule has 102 valence electrons. The van der Waals surface area contributed by atoms with Crippen molar-refractivity contribution >= 4 is 11.5 Å². The number of allylic oxidation sites excluding steroid dienone is 1. The summed E-state index contributed by atoms with van der Waals surface area (Å²) in [7, 11) is 0. The average Bonchev–Trinajstić information content (AvgIpc) is 2.40. The molecule has 0 unspecified atom stereocenters. The molecule has 1 aliphatic heterocycles. The van der Waals surface area contributed by atoms with Crippen LogP contribution >= 0.6 is 0 Å². The third-order valence-electron chi connectivity index (χ3n) is 3.90. The summed E-state index contributed by atoms with van der Waals surface area (Å²) in [6.45, 7) is 6.07. The first-order chi connectivity index (χ1) is 9.08. The molecule has 2 rings (SSSR count). The van der Waals surface area contributed by atoms with Gasteiger partial charge in [0.1, 0.15) is 0 Å². The van der Waals surface area contributed by atoms with Gasteiger partial charge in [-0.2, -0.15) is 0 Å². The van der Waals surface area contributed by atoms with E-state index >= 15 is 0 Å². The van der Waals surface area contributed by atoms with E-state index in [0.29, 0.717) is 5.92 Å². The Morgan fingerprint density at radius 3 is 2.53 bits per heavy atom. The van der Waals surface area contributed by atoms with E-state index in [2.05, 4.69) is 31.3 Å². The largest absolute Gasteiger partial charge is 0.478 e. The molecule has 0 aromatic heterocycles. The molecule has 1 saturated heterocycles. The predicted octanol–water partition coefficient (Wildman–Crippen LogP) is 2.77. The lowest BCUT2D eigenvalue weighted by Gasteiger charge is -2.25. The molecule has 0 spiro atoms. The SMILES string of the molecule is Cc1ccc(/C(=C/C(=O)O)C2CCNCC2)cc1C. The van der Waals surface area contributed by atoms with Crippen molar-refractivity contribution in [1.29, 1.82) is 0 Å². The summed E-state index contributed by atoms with van der Waals surface area (Å²) in [5.41, 5.74) is 4.47. The third kappa shape index (κ3) is 3.44. The maximum Gasteiger partial charge on any atom is 0.328 e. The number of carboxylic acid groups (broad SMARTS) is 1. The number of hydrogen-bond acceptors (Lipinski definition) is 2. The van der Waals surface area contributed by atoms with Crippen LogP contribution in [0.3, 0.4) is 0 Å². The van der Waals surface area contributed by atoms with Crippen LogP contribution in [0.25, 0.3) is 5.57 Å². The molecule has 0 saturated carbocycles. The first kappa shape index (κ1) is 13.8. The number of hydrogen-bond donors (Lipinski definition) is 2. The minimum absolute atomic E-state index is 0.347. The minimum Gasteiger partial charge on any atom is -0.478 e. The van der Waals surface area contributed by atoms with E-state index in [1.54, 1.807) is 0 Å². The quantitative estimate of drug-likeness (QED) is 0.821. The highest BCUT2D eigenvalue weighted by atomic mass is 16.4. The Hall–Kier alpha value is -1.61. The first-order valence-corrected chi connectivity index (χ1v) is 6.81. The van der Waals surface area contributed by atoms with Gasteiger partial charge in [-0.05, 0) is 68.0 Å². The molecule has 0 amide bonds. The Bertz CT molecular complexity index is 499. The molecule has 1 aromatic rings. The van der Waals surface area contributed by atoms with E-state index in [-0.39, 0.29) is 0 Å². The number of rotatable bonds is 3. The van der Waals surface area contributed by atoms with E-state index in [9.17, 15) is 4.79 Å². The van der Waals surface area contributed by atoms with Crippen LogP contribution in [-0.4, -0.2) is 24.2 Å². The summed E-state index contributed by atoms with van der Waals surface area (Å²) in [5, 5.41) is 12.4. The number of nitrogens with one attached hydrogen (secondary N) is 1. The third-order valence-corrected chi connectivity index (χ3v) is 3.90. The Labute approximate surface area is 114 Å². The van der Waals surface area contributed by atoms with Crippen molar-refractivity contribution < 1.29 is 9.90 Å². The van der Waals surface area contributed by atoms with Crippen molar-refractivity contribution in [2.24, 2.45) is 5.92 Å². The summed E-state index contributed by atoms with van der Waals surface area (Å²) in [6, 6.07) is 6.21. The number of benzene rings is 1. The maximum absolute atomic E-state index is 11.1. The molecule has 3 nitrogen and oxygen atoms in total. The van der Waals surface area contributed by atoms with Crippen molar-refractivity contribution in [2.75, 3.05) is 13.1 Å². The fourth-order valence-electron chi connectivity index (χ4n) is 2.62. The Balaban J connectivity index is 2.36. The molecule has 1 aromatic carbocycles. The second kappa shape index (κ2) is 6.02. The van der Waals surface area contributed by atoms with Crippen LogP contribution in [0.2, 0.25) is 0 Å². The van der Waals surface area contributed by atoms with Crippen molar-refractivity contribution in [3.63, 3.8) is 0 Å². The van der Waals surface area contributed by atoms with Gasteiger partial charge in [-0.3, -0.25) is 0 Å². The van der Waals surface area contributed by atoms with Crippen molar-refractivity contribution in [1.82, 2.24) is 5.32 Å². The first-order valence-electron chi connectivity index (χ1n) is 6.81. The molecule has 0 aliphatic carbocycles. The van der Waals surface area contributed by atoms with Crippen molar-refractivity contribution in [3.05, 3.63) is 41.0 Å². The van der Waals surface area contributed by atoms with Gasteiger partial charge in [-0.15, -0.1) is 0 Å². The van der Waals surface area contributed by atoms with Crippen molar-refractivity contribution in [3.8, 4) is 0 Å². The van der Waals surface area contributed by atoms with Gasteiger partial charge in [-0.1, -0.05) is 18.2 Å². The summed E-state index contributed by atoms with van der Waals surface area (Å²) in [4.78, 5) is 11.1. The summed E-state index contributed by atoms with van der Waals surface area (Å²) in [6.07, 6.45) is 3.40. The molecule has 1 heterocycles. The lowest BCUT2D eigenvalue weighted by molar-refractivity contribution is -0.131. The Kier molecular flexibility index (Phi) is 4.38. The monoisotopic (exact) mass is 259 g/mol. The molecule has 1 aliphatic rings. The summed E-state index contributed by atoms with van der Waals surface area (Å²) < 4.78 is 0. The lowest BCUT2D eigenvalue weighted by atomic mass is 9.84. The molecule has 19 heavy (non-hydrogen) atoms. The highest BCUT2D eigenvalue weighted by Crippen LogP contribution is 2.31. The molecule has 2 N–H and O–H groups in total. The smallest absolute Gasteiger partial charge is 0.328 e. The molecule has 0 bridgehead atoms. The standard InChI is InChI=1S/C16H21NO2/c1-11-3-4-14(9-12(11)2)15(10-16(18)19)13-5-7-17-8-6-13/h3-4,9-10,13,17H,5-8H2,1-2H3,(H,18,19)/b15-10+. The molecule has 3 heteroatoms. The minimum atomic E-state index is -0.855. The number of piperidine rings is 1. The number of aryl methyl sites for hydroxylation is 2. The molecule has 0 radical (unpaired) electrons. The van der Waals surface area contributed by atoms with Gasteiger partial charge < -0.3 is 10.4 Å². The molecular weight excluding hydrogens is 238 g/mol. The van der Waals surface area contributed by atoms with Gasteiger partial charge in [0.2, 0.25) is 0 Å². The normalized spacial score (nSPS) is 17.5. The molecule has 1 fully saturated rings. The fourth-order valence-corrected chi connectivity index (χ4v) is 2.62. The predicted molar refractivity (Wildman–Crippen MR) is 77.1 cm³/mol. The van der Waals surface area contributed by atoms with E-state index in [0.717, 1.165) is 37.1 Å². The molecular formula is C16H21NO2. The van der Waals surface area contributed by atoms with Crippen LogP contribution in [0.5, 0.6) is 0 Å². The van der Waals surface area contributed by atoms with Crippen LogP contribution in [0.4, 0.5) is 0 Å². The highest BCUT2D eigenvalue weighted by molar-refractivity contribution is 5.90. The number of carboxylic acids is 1. The van der Waals surface area contributed by atoms with Gasteiger partial charge in [0.15, 0.2) is 0 Å². The van der Waals surface area contributed by atoms with Gasteiger partial charge in [0.25, 0.3) is 0 Å². The van der Waals surface area contributed by atoms with Gasteiger partial charge in [0.05, 0.1) is 0 Å². The highest BCUT2D eigenvalue weighted by Gasteiger charge is 2.20. The zero-order valence-corrected chi connectivity index (χ0v) is 11.6. The van der Waals surface area contributed by atoms with E-state index < -0.39 is 5.97 Å². The van der Waals surface area contributed by atoms with E-state index in [1.807, 2.05) is 6.07 Å². The van der Waals surface area contributed by atoms with E-state index in [1.165, 1.54) is 17.2 Å². The number of carbonyl (C=O) groups is 1. The maximum atomic E-state index is 11.1. The molecule has 0 atom stereocenters. The Morgan fingerprint density at radius 2 is 1.95 bits per heavy atom. The number of aliphatic carboxylic acids is 1. The van der Waals surface area contributed by atoms with Crippen molar-refractivity contribution in [2.45, 2.75) is 26.7 Å². The van der Waals surface area contributed by atoms with Crippen LogP contribution in [-0.2, 0) is 4.79 Å². The second-order valence-corrected chi connectivity index (χ2v) is 5.26. The van der Waals surface area contributed by atoms with Gasteiger partial charge in [0, 0.05) is 6.08 Å². The van der Waals surface area contributed by atoms with Gasteiger partial charge >= 0.3 is 5.97 Å². The zero-order chi connectivity index (χ0) is 13.8. The fraction of sp³-hybridized carbons (Fsp3) is 0.438. The van der Waals surface area contributed by atoms with Crippen LogP contribution in [0.1, 0.15) is 29.5 Å². The van der Waals surface area contributed by atoms with Crippen LogP contribution in [0.15, 0.2) is 24.3 Å². The second-order valence-electron chi connectivity index (χ2n) is 5.26. The summed E-state index contributed by atoms with van der Waals surface area (Å²) in [5.74, 6) is -0.508. The van der Waals surface area contributed by atoms with Gasteiger partial charge in [-0.25, -0.2) is 4.79 Å². The topological polar surface area (TPSA) is 49.3 Å². The van der Waals surface area contributed by atoms with E-state index in [4.69, 9.17) is 5.11 Å². The summed E-state index contributed by atoms with van der Waals surface area (Å²) >= 11 is 0. The lowest BCUT2D eigenvalue weighted by Crippen LogP contribution is -2.28.